The third-order valence-electron chi connectivity index (χ3n) is 6.47. The predicted octanol–water partition coefficient (Wildman–Crippen LogP) is 3.59. The lowest BCUT2D eigenvalue weighted by molar-refractivity contribution is 0.214. The van der Waals surface area contributed by atoms with E-state index >= 15 is 0 Å². The van der Waals surface area contributed by atoms with Gasteiger partial charge in [-0.15, -0.1) is 0 Å². The molecule has 3 N–H and O–H groups in total. The molecule has 1 saturated carbocycles. The highest BCUT2D eigenvalue weighted by atomic mass is 16.5. The fourth-order valence-corrected chi connectivity index (χ4v) is 5.04. The number of amides is 2. The molecule has 2 aliphatic rings. The predicted molar refractivity (Wildman–Crippen MR) is 110 cm³/mol. The van der Waals surface area contributed by atoms with Gasteiger partial charge in [-0.1, -0.05) is 67.6 Å². The summed E-state index contributed by atoms with van der Waals surface area (Å²) in [5, 5.41) is 6.75. The summed E-state index contributed by atoms with van der Waals surface area (Å²) < 4.78 is 5.69. The van der Waals surface area contributed by atoms with Crippen molar-refractivity contribution in [2.45, 2.75) is 57.5 Å². The van der Waals surface area contributed by atoms with Gasteiger partial charge in [0.05, 0.1) is 12.0 Å². The molecule has 2 aromatic rings. The fourth-order valence-electron chi connectivity index (χ4n) is 5.04. The molecule has 1 saturated heterocycles. The van der Waals surface area contributed by atoms with Gasteiger partial charge in [-0.3, -0.25) is 4.90 Å². The largest absolute Gasteiger partial charge is 0.352 e. The molecule has 1 aliphatic heterocycles. The van der Waals surface area contributed by atoms with E-state index in [9.17, 15) is 4.79 Å². The third-order valence-corrected chi connectivity index (χ3v) is 6.47. The number of urea groups is 1. The minimum absolute atomic E-state index is 0.240. The van der Waals surface area contributed by atoms with Crippen LogP contribution in [0.5, 0.6) is 0 Å². The highest BCUT2D eigenvalue weighted by Crippen LogP contribution is 2.42. The van der Waals surface area contributed by atoms with Gasteiger partial charge in [-0.25, -0.2) is 4.79 Å². The minimum Gasteiger partial charge on any atom is -0.352 e. The number of likely N-dealkylation sites (tertiary alicyclic amines) is 1. The Balaban J connectivity index is 1.52. The summed E-state index contributed by atoms with van der Waals surface area (Å²) in [4.78, 5) is 18.3. The number of aromatic nitrogens is 2. The number of nitrogens with two attached hydrogens (primary N) is 1. The van der Waals surface area contributed by atoms with E-state index in [1.54, 1.807) is 0 Å². The molecule has 1 aliphatic carbocycles. The number of rotatable bonds is 6. The molecule has 2 fully saturated rings. The molecule has 2 heterocycles. The SMILES string of the molecule is CC(NC(N)=O)c1noc([C@@H]2CN(Cc3ccccc3)C[C@H]2C2CCCCC2)n1. The molecule has 4 rings (SSSR count). The molecule has 29 heavy (non-hydrogen) atoms. The quantitative estimate of drug-likeness (QED) is 0.776. The normalized spacial score (nSPS) is 24.4. The summed E-state index contributed by atoms with van der Waals surface area (Å²) in [6, 6.07) is 9.68. The van der Waals surface area contributed by atoms with Gasteiger partial charge in [0.1, 0.15) is 0 Å². The van der Waals surface area contributed by atoms with Gasteiger partial charge in [0.2, 0.25) is 5.89 Å². The topological polar surface area (TPSA) is 97.3 Å². The first kappa shape index (κ1) is 19.9. The van der Waals surface area contributed by atoms with Gasteiger partial charge in [0.15, 0.2) is 5.82 Å². The van der Waals surface area contributed by atoms with Crippen LogP contribution in [0.3, 0.4) is 0 Å². The maximum absolute atomic E-state index is 11.1. The molecular weight excluding hydrogens is 366 g/mol. The Bertz CT molecular complexity index is 803. The van der Waals surface area contributed by atoms with Crippen molar-refractivity contribution in [1.29, 1.82) is 0 Å². The van der Waals surface area contributed by atoms with Crippen molar-refractivity contribution in [3.05, 3.63) is 47.6 Å². The van der Waals surface area contributed by atoms with Gasteiger partial charge >= 0.3 is 6.03 Å². The first-order chi connectivity index (χ1) is 14.1. The number of benzene rings is 1. The van der Waals surface area contributed by atoms with Crippen LogP contribution in [0, 0.1) is 11.8 Å². The van der Waals surface area contributed by atoms with Crippen molar-refractivity contribution < 1.29 is 9.32 Å². The van der Waals surface area contributed by atoms with Crippen LogP contribution in [-0.4, -0.2) is 34.2 Å². The molecule has 1 unspecified atom stereocenters. The Morgan fingerprint density at radius 2 is 2.00 bits per heavy atom. The number of primary amides is 1. The van der Waals surface area contributed by atoms with Crippen LogP contribution >= 0.6 is 0 Å². The monoisotopic (exact) mass is 397 g/mol. The Kier molecular flexibility index (Phi) is 6.13. The van der Waals surface area contributed by atoms with E-state index in [0.717, 1.165) is 19.6 Å². The van der Waals surface area contributed by atoms with Gasteiger partial charge < -0.3 is 15.6 Å². The number of carbonyl (C=O) groups is 1. The molecule has 1 aromatic carbocycles. The maximum Gasteiger partial charge on any atom is 0.312 e. The zero-order chi connectivity index (χ0) is 20.2. The molecule has 2 amide bonds. The zero-order valence-corrected chi connectivity index (χ0v) is 17.1. The molecule has 3 atom stereocenters. The summed E-state index contributed by atoms with van der Waals surface area (Å²) in [5.74, 6) is 2.67. The van der Waals surface area contributed by atoms with E-state index in [4.69, 9.17) is 10.3 Å². The Labute approximate surface area is 172 Å². The highest BCUT2D eigenvalue weighted by Gasteiger charge is 2.41. The second kappa shape index (κ2) is 8.95. The van der Waals surface area contributed by atoms with E-state index in [-0.39, 0.29) is 12.0 Å². The Hall–Kier alpha value is -2.41. The van der Waals surface area contributed by atoms with Crippen molar-refractivity contribution in [3.8, 4) is 0 Å². The summed E-state index contributed by atoms with van der Waals surface area (Å²) in [7, 11) is 0. The van der Waals surface area contributed by atoms with Crippen molar-refractivity contribution in [2.75, 3.05) is 13.1 Å². The van der Waals surface area contributed by atoms with Crippen molar-refractivity contribution in [2.24, 2.45) is 17.6 Å². The van der Waals surface area contributed by atoms with Crippen LogP contribution in [0.2, 0.25) is 0 Å². The van der Waals surface area contributed by atoms with Gasteiger partial charge in [0, 0.05) is 19.6 Å². The maximum atomic E-state index is 11.1. The average Bonchev–Trinajstić information content (AvgIpc) is 3.36. The highest BCUT2D eigenvalue weighted by molar-refractivity contribution is 5.71. The van der Waals surface area contributed by atoms with E-state index in [1.165, 1.54) is 37.7 Å². The summed E-state index contributed by atoms with van der Waals surface area (Å²) in [5.41, 5.74) is 6.56. The van der Waals surface area contributed by atoms with Crippen LogP contribution in [0.1, 0.15) is 68.3 Å². The van der Waals surface area contributed by atoms with E-state index < -0.39 is 6.03 Å². The minimum atomic E-state index is -0.584. The molecule has 7 heteroatoms. The van der Waals surface area contributed by atoms with E-state index in [2.05, 4.69) is 50.7 Å². The second-order valence-electron chi connectivity index (χ2n) is 8.57. The molecule has 0 spiro atoms. The number of nitrogens with one attached hydrogen (secondary N) is 1. The summed E-state index contributed by atoms with van der Waals surface area (Å²) in [6.45, 7) is 4.75. The van der Waals surface area contributed by atoms with Crippen LogP contribution < -0.4 is 11.1 Å². The van der Waals surface area contributed by atoms with Gasteiger partial charge in [0.25, 0.3) is 0 Å². The van der Waals surface area contributed by atoms with Crippen LogP contribution in [0.4, 0.5) is 4.79 Å². The van der Waals surface area contributed by atoms with Crippen LogP contribution in [0.25, 0.3) is 0 Å². The van der Waals surface area contributed by atoms with Gasteiger partial charge in [-0.2, -0.15) is 4.98 Å². The lowest BCUT2D eigenvalue weighted by Gasteiger charge is -2.29. The Morgan fingerprint density at radius 1 is 1.24 bits per heavy atom. The summed E-state index contributed by atoms with van der Waals surface area (Å²) >= 11 is 0. The van der Waals surface area contributed by atoms with Crippen LogP contribution in [0.15, 0.2) is 34.9 Å². The zero-order valence-electron chi connectivity index (χ0n) is 17.1. The Morgan fingerprint density at radius 3 is 2.72 bits per heavy atom. The molecular formula is C22H31N5O2. The molecule has 7 nitrogen and oxygen atoms in total. The molecule has 0 radical (unpaired) electrons. The number of hydrogen-bond donors (Lipinski definition) is 2. The first-order valence-electron chi connectivity index (χ1n) is 10.8. The van der Waals surface area contributed by atoms with E-state index in [0.29, 0.717) is 23.6 Å². The molecule has 1 aromatic heterocycles. The average molecular weight is 398 g/mol. The second-order valence-corrected chi connectivity index (χ2v) is 8.57. The number of hydrogen-bond acceptors (Lipinski definition) is 5. The van der Waals surface area contributed by atoms with Crippen molar-refractivity contribution in [3.63, 3.8) is 0 Å². The molecule has 0 bridgehead atoms. The molecule has 156 valence electrons. The van der Waals surface area contributed by atoms with Crippen molar-refractivity contribution in [1.82, 2.24) is 20.4 Å². The summed E-state index contributed by atoms with van der Waals surface area (Å²) in [6.07, 6.45) is 6.58. The third kappa shape index (κ3) is 4.78. The van der Waals surface area contributed by atoms with Crippen LogP contribution in [-0.2, 0) is 6.54 Å². The number of carbonyl (C=O) groups excluding carboxylic acids is 1. The fraction of sp³-hybridized carbons (Fsp3) is 0.591. The number of nitrogens with zero attached hydrogens (tertiary/aromatic N) is 3. The van der Waals surface area contributed by atoms with E-state index in [1.807, 2.05) is 6.92 Å². The van der Waals surface area contributed by atoms with Gasteiger partial charge in [-0.05, 0) is 24.3 Å². The standard InChI is InChI=1S/C22H31N5O2/c1-15(24-22(23)28)20-25-21(29-26-20)19-14-27(12-16-8-4-2-5-9-16)13-18(19)17-10-6-3-7-11-17/h2,4-5,8-9,15,17-19H,3,6-7,10-14H2,1H3,(H3,23,24,28)/t15?,18-,19+/m0/s1. The lowest BCUT2D eigenvalue weighted by Crippen LogP contribution is -2.32. The first-order valence-corrected chi connectivity index (χ1v) is 10.8. The van der Waals surface area contributed by atoms with Crippen molar-refractivity contribution >= 4 is 6.03 Å². The smallest absolute Gasteiger partial charge is 0.312 e. The lowest BCUT2D eigenvalue weighted by atomic mass is 9.75.